The van der Waals surface area contributed by atoms with Crippen molar-refractivity contribution in [2.24, 2.45) is 5.73 Å². The van der Waals surface area contributed by atoms with E-state index in [4.69, 9.17) is 10.5 Å². The van der Waals surface area contributed by atoms with Gasteiger partial charge in [-0.05, 0) is 25.0 Å². The highest BCUT2D eigenvalue weighted by molar-refractivity contribution is 5.47. The molecule has 112 valence electrons. The van der Waals surface area contributed by atoms with Gasteiger partial charge in [-0.3, -0.25) is 0 Å². The van der Waals surface area contributed by atoms with E-state index in [0.29, 0.717) is 12.5 Å². The molecule has 5 nitrogen and oxygen atoms in total. The summed E-state index contributed by atoms with van der Waals surface area (Å²) >= 11 is 0. The topological polar surface area (TPSA) is 66.0 Å². The molecule has 2 aromatic rings. The highest BCUT2D eigenvalue weighted by Crippen LogP contribution is 2.36. The SMILES string of the molecule is COc1ccccc1-n1nnc(CN)c1C1CCCCC1. The van der Waals surface area contributed by atoms with Gasteiger partial charge in [0.15, 0.2) is 0 Å². The van der Waals surface area contributed by atoms with Crippen molar-refractivity contribution in [1.29, 1.82) is 0 Å². The van der Waals surface area contributed by atoms with Crippen molar-refractivity contribution in [3.8, 4) is 11.4 Å². The minimum Gasteiger partial charge on any atom is -0.494 e. The third-order valence-corrected chi connectivity index (χ3v) is 4.28. The smallest absolute Gasteiger partial charge is 0.144 e. The van der Waals surface area contributed by atoms with Crippen LogP contribution in [0.2, 0.25) is 0 Å². The molecule has 0 amide bonds. The van der Waals surface area contributed by atoms with Crippen molar-refractivity contribution in [2.45, 2.75) is 44.6 Å². The average molecular weight is 286 g/mol. The van der Waals surface area contributed by atoms with Crippen molar-refractivity contribution in [3.05, 3.63) is 35.7 Å². The second kappa shape index (κ2) is 6.26. The summed E-state index contributed by atoms with van der Waals surface area (Å²) in [6.07, 6.45) is 6.24. The first-order valence-corrected chi connectivity index (χ1v) is 7.63. The van der Waals surface area contributed by atoms with Gasteiger partial charge in [-0.15, -0.1) is 5.10 Å². The van der Waals surface area contributed by atoms with Crippen LogP contribution in [-0.2, 0) is 6.54 Å². The molecule has 0 bridgehead atoms. The largest absolute Gasteiger partial charge is 0.494 e. The van der Waals surface area contributed by atoms with E-state index in [-0.39, 0.29) is 0 Å². The first kappa shape index (κ1) is 14.1. The molecule has 1 aliphatic rings. The van der Waals surface area contributed by atoms with Crippen LogP contribution in [0.1, 0.15) is 49.4 Å². The molecular formula is C16H22N4O. The van der Waals surface area contributed by atoms with Crippen LogP contribution >= 0.6 is 0 Å². The Kier molecular flexibility index (Phi) is 4.20. The zero-order valence-corrected chi connectivity index (χ0v) is 12.5. The molecule has 0 radical (unpaired) electrons. The lowest BCUT2D eigenvalue weighted by molar-refractivity contribution is 0.405. The molecule has 1 heterocycles. The van der Waals surface area contributed by atoms with E-state index in [0.717, 1.165) is 17.1 Å². The molecule has 0 atom stereocenters. The van der Waals surface area contributed by atoms with Crippen LogP contribution in [0.5, 0.6) is 5.75 Å². The Balaban J connectivity index is 2.08. The van der Waals surface area contributed by atoms with Gasteiger partial charge in [0, 0.05) is 12.5 Å². The molecule has 0 aliphatic heterocycles. The number of benzene rings is 1. The molecule has 21 heavy (non-hydrogen) atoms. The van der Waals surface area contributed by atoms with Crippen LogP contribution < -0.4 is 10.5 Å². The summed E-state index contributed by atoms with van der Waals surface area (Å²) in [5.74, 6) is 1.31. The lowest BCUT2D eigenvalue weighted by Gasteiger charge is -2.23. The maximum absolute atomic E-state index is 5.87. The Morgan fingerprint density at radius 2 is 2.00 bits per heavy atom. The zero-order chi connectivity index (χ0) is 14.7. The van der Waals surface area contributed by atoms with E-state index >= 15 is 0 Å². The Labute approximate surface area is 125 Å². The Morgan fingerprint density at radius 1 is 1.24 bits per heavy atom. The highest BCUT2D eigenvalue weighted by atomic mass is 16.5. The van der Waals surface area contributed by atoms with Crippen molar-refractivity contribution < 1.29 is 4.74 Å². The van der Waals surface area contributed by atoms with Crippen molar-refractivity contribution in [1.82, 2.24) is 15.0 Å². The van der Waals surface area contributed by atoms with Crippen LogP contribution in [-0.4, -0.2) is 22.1 Å². The average Bonchev–Trinajstić information content (AvgIpc) is 2.99. The first-order valence-electron chi connectivity index (χ1n) is 7.63. The molecule has 0 spiro atoms. The fourth-order valence-corrected chi connectivity index (χ4v) is 3.23. The van der Waals surface area contributed by atoms with Gasteiger partial charge in [0.25, 0.3) is 0 Å². The van der Waals surface area contributed by atoms with Gasteiger partial charge < -0.3 is 10.5 Å². The number of methoxy groups -OCH3 is 1. The molecule has 1 saturated carbocycles. The molecule has 1 fully saturated rings. The fourth-order valence-electron chi connectivity index (χ4n) is 3.23. The predicted octanol–water partition coefficient (Wildman–Crippen LogP) is 2.78. The van der Waals surface area contributed by atoms with Crippen LogP contribution in [0.3, 0.4) is 0 Å². The molecule has 3 rings (SSSR count). The Morgan fingerprint density at radius 3 is 2.71 bits per heavy atom. The number of rotatable bonds is 4. The van der Waals surface area contributed by atoms with E-state index in [1.807, 2.05) is 28.9 Å². The monoisotopic (exact) mass is 286 g/mol. The number of ether oxygens (including phenoxy) is 1. The Bertz CT molecular complexity index is 602. The van der Waals surface area contributed by atoms with Crippen LogP contribution in [0.15, 0.2) is 24.3 Å². The minimum atomic E-state index is 0.432. The highest BCUT2D eigenvalue weighted by Gasteiger charge is 2.25. The van der Waals surface area contributed by atoms with Gasteiger partial charge in [-0.1, -0.05) is 36.6 Å². The number of hydrogen-bond acceptors (Lipinski definition) is 4. The van der Waals surface area contributed by atoms with Crippen LogP contribution in [0.25, 0.3) is 5.69 Å². The summed E-state index contributed by atoms with van der Waals surface area (Å²) in [7, 11) is 1.68. The second-order valence-corrected chi connectivity index (χ2v) is 5.54. The number of nitrogens with two attached hydrogens (primary N) is 1. The molecule has 5 heteroatoms. The van der Waals surface area contributed by atoms with E-state index in [9.17, 15) is 0 Å². The summed E-state index contributed by atoms with van der Waals surface area (Å²) in [5.41, 5.74) is 8.89. The zero-order valence-electron chi connectivity index (χ0n) is 12.5. The van der Waals surface area contributed by atoms with Gasteiger partial charge in [0.05, 0.1) is 12.8 Å². The number of hydrogen-bond donors (Lipinski definition) is 1. The van der Waals surface area contributed by atoms with Crippen molar-refractivity contribution in [3.63, 3.8) is 0 Å². The maximum atomic E-state index is 5.87. The van der Waals surface area contributed by atoms with Gasteiger partial charge >= 0.3 is 0 Å². The summed E-state index contributed by atoms with van der Waals surface area (Å²) in [6, 6.07) is 7.92. The van der Waals surface area contributed by atoms with E-state index < -0.39 is 0 Å². The van der Waals surface area contributed by atoms with Crippen LogP contribution in [0.4, 0.5) is 0 Å². The Hall–Kier alpha value is -1.88. The maximum Gasteiger partial charge on any atom is 0.144 e. The quantitative estimate of drug-likeness (QED) is 0.938. The van der Waals surface area contributed by atoms with Crippen molar-refractivity contribution >= 4 is 0 Å². The van der Waals surface area contributed by atoms with Gasteiger partial charge in [0.1, 0.15) is 17.1 Å². The molecule has 2 N–H and O–H groups in total. The number of para-hydroxylation sites is 2. The standard InChI is InChI=1S/C16H22N4O/c1-21-15-10-6-5-9-14(15)20-16(13(11-17)18-19-20)12-7-3-2-4-8-12/h5-6,9-10,12H,2-4,7-8,11,17H2,1H3. The molecule has 1 aromatic carbocycles. The predicted molar refractivity (Wildman–Crippen MR) is 81.6 cm³/mol. The fraction of sp³-hybridized carbons (Fsp3) is 0.500. The third kappa shape index (κ3) is 2.65. The first-order chi connectivity index (χ1) is 10.3. The summed E-state index contributed by atoms with van der Waals surface area (Å²) in [5, 5.41) is 8.64. The summed E-state index contributed by atoms with van der Waals surface area (Å²) in [4.78, 5) is 0. The number of nitrogens with zero attached hydrogens (tertiary/aromatic N) is 3. The molecule has 0 unspecified atom stereocenters. The lowest BCUT2D eigenvalue weighted by Crippen LogP contribution is -2.14. The van der Waals surface area contributed by atoms with Gasteiger partial charge in [-0.25, -0.2) is 4.68 Å². The normalized spacial score (nSPS) is 16.1. The van der Waals surface area contributed by atoms with E-state index in [2.05, 4.69) is 10.3 Å². The second-order valence-electron chi connectivity index (χ2n) is 5.54. The molecule has 1 aliphatic carbocycles. The van der Waals surface area contributed by atoms with Crippen LogP contribution in [0, 0.1) is 0 Å². The van der Waals surface area contributed by atoms with Crippen molar-refractivity contribution in [2.75, 3.05) is 7.11 Å². The minimum absolute atomic E-state index is 0.432. The number of aromatic nitrogens is 3. The molecular weight excluding hydrogens is 264 g/mol. The lowest BCUT2D eigenvalue weighted by atomic mass is 9.86. The third-order valence-electron chi connectivity index (χ3n) is 4.28. The summed E-state index contributed by atoms with van der Waals surface area (Å²) in [6.45, 7) is 0.432. The van der Waals surface area contributed by atoms with Gasteiger partial charge in [-0.2, -0.15) is 0 Å². The van der Waals surface area contributed by atoms with E-state index in [1.165, 1.54) is 37.8 Å². The molecule has 0 saturated heterocycles. The summed E-state index contributed by atoms with van der Waals surface area (Å²) < 4.78 is 7.39. The van der Waals surface area contributed by atoms with E-state index in [1.54, 1.807) is 7.11 Å². The molecule has 1 aromatic heterocycles. The van der Waals surface area contributed by atoms with Gasteiger partial charge in [0.2, 0.25) is 0 Å².